The lowest BCUT2D eigenvalue weighted by Crippen LogP contribution is -2.38. The molecule has 7 nitrogen and oxygen atoms in total. The second kappa shape index (κ2) is 4.72. The number of halogens is 1. The monoisotopic (exact) mass is 310 g/mol. The molecule has 1 amide bonds. The number of amides is 1. The van der Waals surface area contributed by atoms with E-state index in [1.54, 1.807) is 0 Å². The summed E-state index contributed by atoms with van der Waals surface area (Å²) in [7, 11) is -3.72. The lowest BCUT2D eigenvalue weighted by Gasteiger charge is -2.11. The summed E-state index contributed by atoms with van der Waals surface area (Å²) in [6, 6.07) is 0. The Kier molecular flexibility index (Phi) is 3.58. The van der Waals surface area contributed by atoms with Crippen LogP contribution in [-0.4, -0.2) is 35.9 Å². The molecule has 0 bridgehead atoms. The third kappa shape index (κ3) is 2.97. The van der Waals surface area contributed by atoms with E-state index in [2.05, 4.69) is 20.2 Å². The summed E-state index contributed by atoms with van der Waals surface area (Å²) in [5.74, 6) is -0.105. The van der Waals surface area contributed by atoms with Crippen LogP contribution in [0.15, 0.2) is 4.34 Å². The Bertz CT molecular complexity index is 567. The number of carbonyl (C=O) groups is 1. The van der Waals surface area contributed by atoms with E-state index in [9.17, 15) is 13.2 Å². The maximum atomic E-state index is 12.0. The molecule has 10 heteroatoms. The number of carbonyl (C=O) groups excluding carboxylic acids is 1. The van der Waals surface area contributed by atoms with Crippen molar-refractivity contribution in [2.75, 3.05) is 11.2 Å². The van der Waals surface area contributed by atoms with Gasteiger partial charge in [0.1, 0.15) is 0 Å². The van der Waals surface area contributed by atoms with E-state index < -0.39 is 15.6 Å². The summed E-state index contributed by atoms with van der Waals surface area (Å²) < 4.78 is 26.3. The van der Waals surface area contributed by atoms with E-state index in [1.165, 1.54) is 6.92 Å². The van der Waals surface area contributed by atoms with Gasteiger partial charge in [-0.15, -0.1) is 21.8 Å². The molecule has 100 valence electrons. The van der Waals surface area contributed by atoms with Gasteiger partial charge in [0.2, 0.25) is 15.4 Å². The van der Waals surface area contributed by atoms with E-state index in [0.29, 0.717) is 12.8 Å². The number of hydrogen-bond donors (Lipinski definition) is 2. The Hall–Kier alpha value is -0.770. The van der Waals surface area contributed by atoms with Crippen molar-refractivity contribution in [3.63, 3.8) is 0 Å². The molecular weight excluding hydrogens is 300 g/mol. The third-order valence-electron chi connectivity index (χ3n) is 2.38. The van der Waals surface area contributed by atoms with Crippen LogP contribution in [0.2, 0.25) is 0 Å². The van der Waals surface area contributed by atoms with Crippen LogP contribution in [0.3, 0.4) is 0 Å². The van der Waals surface area contributed by atoms with E-state index in [1.807, 2.05) is 0 Å². The van der Waals surface area contributed by atoms with Crippen LogP contribution in [0.25, 0.3) is 0 Å². The molecule has 2 rings (SSSR count). The van der Waals surface area contributed by atoms with Gasteiger partial charge in [-0.05, 0) is 12.8 Å². The molecule has 1 aliphatic rings. The zero-order chi connectivity index (χ0) is 13.4. The predicted octanol–water partition coefficient (Wildman–Crippen LogP) is 0.546. The number of hydrogen-bond acceptors (Lipinski definition) is 6. The molecule has 0 atom stereocenters. The first-order chi connectivity index (χ1) is 8.37. The molecule has 0 radical (unpaired) electrons. The molecule has 0 spiro atoms. The number of nitrogens with zero attached hydrogens (tertiary/aromatic N) is 2. The Morgan fingerprint density at radius 3 is 2.67 bits per heavy atom. The van der Waals surface area contributed by atoms with Crippen molar-refractivity contribution in [1.82, 2.24) is 14.9 Å². The van der Waals surface area contributed by atoms with Crippen molar-refractivity contribution < 1.29 is 13.2 Å². The van der Waals surface area contributed by atoms with Crippen molar-refractivity contribution >= 4 is 44.0 Å². The maximum absolute atomic E-state index is 12.0. The average Bonchev–Trinajstić information content (AvgIpc) is 2.85. The highest BCUT2D eigenvalue weighted by Gasteiger charge is 2.46. The topological polar surface area (TPSA) is 101 Å². The van der Waals surface area contributed by atoms with Gasteiger partial charge in [0.25, 0.3) is 10.0 Å². The third-order valence-corrected chi connectivity index (χ3v) is 5.68. The van der Waals surface area contributed by atoms with Crippen LogP contribution in [0.1, 0.15) is 19.8 Å². The smallest absolute Gasteiger partial charge is 0.270 e. The van der Waals surface area contributed by atoms with Crippen LogP contribution >= 0.6 is 22.9 Å². The Morgan fingerprint density at radius 1 is 1.50 bits per heavy atom. The highest BCUT2D eigenvalue weighted by Crippen LogP contribution is 2.38. The fourth-order valence-corrected chi connectivity index (χ4v) is 4.08. The molecule has 18 heavy (non-hydrogen) atoms. The number of aromatic nitrogens is 2. The second-order valence-corrected chi connectivity index (χ2v) is 7.17. The van der Waals surface area contributed by atoms with E-state index in [0.717, 1.165) is 11.3 Å². The molecule has 0 saturated heterocycles. The quantitative estimate of drug-likeness (QED) is 0.611. The van der Waals surface area contributed by atoms with Crippen LogP contribution in [0.4, 0.5) is 5.13 Å². The number of rotatable bonds is 5. The zero-order valence-electron chi connectivity index (χ0n) is 9.43. The Labute approximate surface area is 113 Å². The number of alkyl halides is 1. The molecule has 1 aliphatic carbocycles. The van der Waals surface area contributed by atoms with Crippen molar-refractivity contribution in [3.8, 4) is 0 Å². The molecule has 0 unspecified atom stereocenters. The number of anilines is 1. The summed E-state index contributed by atoms with van der Waals surface area (Å²) in [4.78, 5) is 10.8. The zero-order valence-corrected chi connectivity index (χ0v) is 11.8. The number of sulfonamides is 1. The van der Waals surface area contributed by atoms with E-state index in [4.69, 9.17) is 11.6 Å². The van der Waals surface area contributed by atoms with Crippen molar-refractivity contribution in [1.29, 1.82) is 0 Å². The van der Waals surface area contributed by atoms with E-state index >= 15 is 0 Å². The molecule has 1 aromatic rings. The minimum Gasteiger partial charge on any atom is -0.301 e. The number of nitrogens with one attached hydrogen (secondary N) is 2. The lowest BCUT2D eigenvalue weighted by molar-refractivity contribution is -0.114. The van der Waals surface area contributed by atoms with Gasteiger partial charge in [0, 0.05) is 18.3 Å². The summed E-state index contributed by atoms with van der Waals surface area (Å²) in [5.41, 5.74) is -0.541. The summed E-state index contributed by atoms with van der Waals surface area (Å²) in [6.45, 7) is 1.31. The van der Waals surface area contributed by atoms with Gasteiger partial charge in [0.15, 0.2) is 0 Å². The van der Waals surface area contributed by atoms with Gasteiger partial charge < -0.3 is 5.32 Å². The molecule has 1 saturated carbocycles. The highest BCUT2D eigenvalue weighted by atomic mass is 35.5. The summed E-state index contributed by atoms with van der Waals surface area (Å²) in [5, 5.41) is 9.66. The first-order valence-electron chi connectivity index (χ1n) is 5.08. The Balaban J connectivity index is 2.15. The van der Waals surface area contributed by atoms with Crippen LogP contribution in [0, 0.1) is 0 Å². The van der Waals surface area contributed by atoms with Crippen LogP contribution in [0.5, 0.6) is 0 Å². The van der Waals surface area contributed by atoms with Gasteiger partial charge >= 0.3 is 0 Å². The summed E-state index contributed by atoms with van der Waals surface area (Å²) in [6.07, 6.45) is 1.43. The van der Waals surface area contributed by atoms with Gasteiger partial charge in [-0.2, -0.15) is 0 Å². The first-order valence-corrected chi connectivity index (χ1v) is 7.91. The average molecular weight is 311 g/mol. The highest BCUT2D eigenvalue weighted by molar-refractivity contribution is 7.91. The van der Waals surface area contributed by atoms with Gasteiger partial charge in [0.05, 0.1) is 0 Å². The predicted molar refractivity (Wildman–Crippen MR) is 67.2 cm³/mol. The minimum atomic E-state index is -3.72. The molecule has 0 aliphatic heterocycles. The molecule has 1 aromatic heterocycles. The van der Waals surface area contributed by atoms with Crippen molar-refractivity contribution in [2.45, 2.75) is 29.6 Å². The molecular formula is C8H11ClN4O3S2. The summed E-state index contributed by atoms with van der Waals surface area (Å²) >= 11 is 6.51. The molecule has 2 N–H and O–H groups in total. The van der Waals surface area contributed by atoms with Crippen LogP contribution in [-0.2, 0) is 14.8 Å². The molecule has 0 aromatic carbocycles. The molecule has 1 fully saturated rings. The van der Waals surface area contributed by atoms with Crippen molar-refractivity contribution in [2.24, 2.45) is 0 Å². The fourth-order valence-electron chi connectivity index (χ4n) is 1.26. The first kappa shape index (κ1) is 13.7. The van der Waals surface area contributed by atoms with Crippen molar-refractivity contribution in [3.05, 3.63) is 0 Å². The Morgan fingerprint density at radius 2 is 2.17 bits per heavy atom. The fraction of sp³-hybridized carbons (Fsp3) is 0.625. The minimum absolute atomic E-state index is 0.151. The van der Waals surface area contributed by atoms with Gasteiger partial charge in [-0.1, -0.05) is 11.3 Å². The van der Waals surface area contributed by atoms with Crippen LogP contribution < -0.4 is 10.0 Å². The second-order valence-electron chi connectivity index (χ2n) is 4.07. The normalized spacial score (nSPS) is 17.4. The standard InChI is InChI=1S/C8H11ClN4O3S2/c1-5(14)10-6-11-12-7(17-6)18(15,16)13-8(4-9)2-3-8/h13H,2-4H2,1H3,(H,10,11,14). The largest absolute Gasteiger partial charge is 0.301 e. The maximum Gasteiger partial charge on any atom is 0.270 e. The van der Waals surface area contributed by atoms with Gasteiger partial charge in [-0.25, -0.2) is 13.1 Å². The van der Waals surface area contributed by atoms with E-state index in [-0.39, 0.29) is 21.3 Å². The lowest BCUT2D eigenvalue weighted by atomic mass is 10.4. The van der Waals surface area contributed by atoms with Gasteiger partial charge in [-0.3, -0.25) is 4.79 Å². The molecule has 1 heterocycles. The SMILES string of the molecule is CC(=O)Nc1nnc(S(=O)(=O)NC2(CCl)CC2)s1.